The second-order valence-corrected chi connectivity index (χ2v) is 5.36. The molecule has 1 aliphatic rings. The van der Waals surface area contributed by atoms with Gasteiger partial charge in [0, 0.05) is 6.54 Å². The number of carbonyl (C=O) groups excluding carboxylic acids is 1. The van der Waals surface area contributed by atoms with Crippen molar-refractivity contribution in [1.82, 2.24) is 5.32 Å². The highest BCUT2D eigenvalue weighted by Gasteiger charge is 2.41. The Kier molecular flexibility index (Phi) is 5.44. The van der Waals surface area contributed by atoms with Crippen molar-refractivity contribution in [3.05, 3.63) is 0 Å². The third kappa shape index (κ3) is 3.44. The highest BCUT2D eigenvalue weighted by atomic mass is 16.5. The van der Waals surface area contributed by atoms with Gasteiger partial charge in [-0.25, -0.2) is 0 Å². The molecule has 1 aliphatic heterocycles. The quantitative estimate of drug-likeness (QED) is 0.803. The van der Waals surface area contributed by atoms with E-state index in [2.05, 4.69) is 33.0 Å². The molecule has 3 nitrogen and oxygen atoms in total. The molecule has 0 aromatic carbocycles. The van der Waals surface area contributed by atoms with E-state index >= 15 is 0 Å². The molecular formula is C14H27NO2. The van der Waals surface area contributed by atoms with E-state index in [0.717, 1.165) is 19.4 Å². The molecular weight excluding hydrogens is 214 g/mol. The van der Waals surface area contributed by atoms with Gasteiger partial charge in [-0.3, -0.25) is 4.79 Å². The Morgan fingerprint density at radius 1 is 1.18 bits per heavy atom. The minimum Gasteiger partial charge on any atom is -0.374 e. The summed E-state index contributed by atoms with van der Waals surface area (Å²) in [6.07, 6.45) is 2.48. The molecule has 100 valence electrons. The third-order valence-electron chi connectivity index (χ3n) is 4.26. The molecule has 0 saturated carbocycles. The number of ether oxygens (including phenoxy) is 1. The summed E-state index contributed by atoms with van der Waals surface area (Å²) >= 11 is 0. The van der Waals surface area contributed by atoms with E-state index < -0.39 is 0 Å². The summed E-state index contributed by atoms with van der Waals surface area (Å²) in [5.41, 5.74) is 0. The molecule has 1 saturated heterocycles. The summed E-state index contributed by atoms with van der Waals surface area (Å²) in [5.74, 6) is 1.09. The Morgan fingerprint density at radius 2 is 1.76 bits per heavy atom. The van der Waals surface area contributed by atoms with Gasteiger partial charge in [0.15, 0.2) is 0 Å². The second-order valence-electron chi connectivity index (χ2n) is 5.36. The molecule has 0 aromatic rings. The zero-order valence-corrected chi connectivity index (χ0v) is 11.8. The number of hydrogen-bond acceptors (Lipinski definition) is 2. The smallest absolute Gasteiger partial charge is 0.226 e. The fourth-order valence-corrected chi connectivity index (χ4v) is 2.66. The third-order valence-corrected chi connectivity index (χ3v) is 4.26. The zero-order valence-electron chi connectivity index (χ0n) is 11.8. The lowest BCUT2D eigenvalue weighted by atomic mass is 9.88. The van der Waals surface area contributed by atoms with Crippen molar-refractivity contribution in [2.45, 2.75) is 59.7 Å². The molecule has 1 amide bonds. The van der Waals surface area contributed by atoms with Gasteiger partial charge in [0.25, 0.3) is 0 Å². The highest BCUT2D eigenvalue weighted by Crippen LogP contribution is 2.32. The molecule has 0 aromatic heterocycles. The van der Waals surface area contributed by atoms with Crippen LogP contribution in [0.3, 0.4) is 0 Å². The Balaban J connectivity index is 2.47. The van der Waals surface area contributed by atoms with Crippen LogP contribution in [0.4, 0.5) is 0 Å². The summed E-state index contributed by atoms with van der Waals surface area (Å²) in [6.45, 7) is 11.3. The van der Waals surface area contributed by atoms with Crippen molar-refractivity contribution >= 4 is 5.91 Å². The molecule has 17 heavy (non-hydrogen) atoms. The summed E-state index contributed by atoms with van der Waals surface area (Å²) in [5, 5.41) is 3.09. The average molecular weight is 241 g/mol. The first-order valence-electron chi connectivity index (χ1n) is 6.94. The molecule has 0 bridgehead atoms. The van der Waals surface area contributed by atoms with Gasteiger partial charge >= 0.3 is 0 Å². The van der Waals surface area contributed by atoms with Crippen LogP contribution in [0, 0.1) is 17.8 Å². The van der Waals surface area contributed by atoms with Crippen LogP contribution in [0.5, 0.6) is 0 Å². The Hall–Kier alpha value is -0.570. The first kappa shape index (κ1) is 14.5. The fraction of sp³-hybridized carbons (Fsp3) is 0.929. The number of hydrogen-bond donors (Lipinski definition) is 1. The Bertz CT molecular complexity index is 251. The average Bonchev–Trinajstić information content (AvgIpc) is 2.54. The Labute approximate surface area is 105 Å². The lowest BCUT2D eigenvalue weighted by Gasteiger charge is -2.20. The van der Waals surface area contributed by atoms with Gasteiger partial charge in [0.05, 0.1) is 18.1 Å². The summed E-state index contributed by atoms with van der Waals surface area (Å²) in [7, 11) is 0. The fourth-order valence-electron chi connectivity index (χ4n) is 2.66. The van der Waals surface area contributed by atoms with Crippen LogP contribution in [0.15, 0.2) is 0 Å². The van der Waals surface area contributed by atoms with E-state index in [0.29, 0.717) is 11.8 Å². The molecule has 3 heteroatoms. The van der Waals surface area contributed by atoms with Crippen molar-refractivity contribution in [3.8, 4) is 0 Å². The standard InChI is InChI=1S/C14H27NO2/c1-6-12(7-2)8-15-14(16)13-9(3)10(4)17-11(13)5/h9-13H,6-8H2,1-5H3,(H,15,16). The van der Waals surface area contributed by atoms with Crippen LogP contribution >= 0.6 is 0 Å². The Morgan fingerprint density at radius 3 is 2.18 bits per heavy atom. The normalized spacial score (nSPS) is 33.1. The molecule has 4 atom stereocenters. The SMILES string of the molecule is CCC(CC)CNC(=O)C1C(C)OC(C)C1C. The largest absolute Gasteiger partial charge is 0.374 e. The zero-order chi connectivity index (χ0) is 13.0. The van der Waals surface area contributed by atoms with E-state index in [-0.39, 0.29) is 24.0 Å². The van der Waals surface area contributed by atoms with Crippen LogP contribution < -0.4 is 5.32 Å². The highest BCUT2D eigenvalue weighted by molar-refractivity contribution is 5.79. The number of rotatable bonds is 5. The van der Waals surface area contributed by atoms with Gasteiger partial charge < -0.3 is 10.1 Å². The molecule has 1 rings (SSSR count). The van der Waals surface area contributed by atoms with Crippen molar-refractivity contribution in [2.24, 2.45) is 17.8 Å². The lowest BCUT2D eigenvalue weighted by molar-refractivity contribution is -0.127. The minimum atomic E-state index is 0.0133. The molecule has 1 fully saturated rings. The number of nitrogens with one attached hydrogen (secondary N) is 1. The van der Waals surface area contributed by atoms with Crippen LogP contribution in [0.2, 0.25) is 0 Å². The first-order valence-corrected chi connectivity index (χ1v) is 6.94. The van der Waals surface area contributed by atoms with E-state index in [1.165, 1.54) is 0 Å². The second kappa shape index (κ2) is 6.39. The van der Waals surface area contributed by atoms with Gasteiger partial charge in [-0.15, -0.1) is 0 Å². The van der Waals surface area contributed by atoms with Crippen molar-refractivity contribution in [2.75, 3.05) is 6.54 Å². The molecule has 1 N–H and O–H groups in total. The maximum atomic E-state index is 12.2. The summed E-state index contributed by atoms with van der Waals surface area (Å²) in [6, 6.07) is 0. The molecule has 0 radical (unpaired) electrons. The topological polar surface area (TPSA) is 38.3 Å². The number of carbonyl (C=O) groups is 1. The van der Waals surface area contributed by atoms with Gasteiger partial charge in [0.2, 0.25) is 5.91 Å². The predicted octanol–water partition coefficient (Wildman–Crippen LogP) is 2.60. The van der Waals surface area contributed by atoms with Crippen molar-refractivity contribution < 1.29 is 9.53 Å². The van der Waals surface area contributed by atoms with Gasteiger partial charge in [-0.05, 0) is 25.7 Å². The molecule has 0 spiro atoms. The van der Waals surface area contributed by atoms with E-state index in [1.807, 2.05) is 6.92 Å². The monoisotopic (exact) mass is 241 g/mol. The number of amides is 1. The molecule has 4 unspecified atom stereocenters. The first-order chi connectivity index (χ1) is 8.01. The van der Waals surface area contributed by atoms with E-state index in [9.17, 15) is 4.79 Å². The van der Waals surface area contributed by atoms with Crippen molar-refractivity contribution in [1.29, 1.82) is 0 Å². The summed E-state index contributed by atoms with van der Waals surface area (Å²) < 4.78 is 5.71. The summed E-state index contributed by atoms with van der Waals surface area (Å²) in [4.78, 5) is 12.2. The van der Waals surface area contributed by atoms with Crippen LogP contribution in [-0.2, 0) is 9.53 Å². The van der Waals surface area contributed by atoms with Crippen LogP contribution in [-0.4, -0.2) is 24.7 Å². The van der Waals surface area contributed by atoms with E-state index in [4.69, 9.17) is 4.74 Å². The van der Waals surface area contributed by atoms with Crippen molar-refractivity contribution in [3.63, 3.8) is 0 Å². The molecule has 1 heterocycles. The van der Waals surface area contributed by atoms with Gasteiger partial charge in [-0.2, -0.15) is 0 Å². The van der Waals surface area contributed by atoms with Gasteiger partial charge in [0.1, 0.15) is 0 Å². The lowest BCUT2D eigenvalue weighted by Crippen LogP contribution is -2.39. The predicted molar refractivity (Wildman–Crippen MR) is 69.7 cm³/mol. The van der Waals surface area contributed by atoms with E-state index in [1.54, 1.807) is 0 Å². The minimum absolute atomic E-state index is 0.0133. The maximum absolute atomic E-state index is 12.2. The maximum Gasteiger partial charge on any atom is 0.226 e. The van der Waals surface area contributed by atoms with Crippen LogP contribution in [0.1, 0.15) is 47.5 Å². The van der Waals surface area contributed by atoms with Gasteiger partial charge in [-0.1, -0.05) is 33.6 Å². The molecule has 0 aliphatic carbocycles. The van der Waals surface area contributed by atoms with Crippen LogP contribution in [0.25, 0.3) is 0 Å².